The molecule has 2 N–H and O–H groups in total. The first kappa shape index (κ1) is 12.3. The Labute approximate surface area is 97.6 Å². The van der Waals surface area contributed by atoms with Crippen LogP contribution in [0.2, 0.25) is 0 Å². The molecule has 0 aromatic heterocycles. The van der Waals surface area contributed by atoms with Gasteiger partial charge in [0.15, 0.2) is 0 Å². The quantitative estimate of drug-likeness (QED) is 0.716. The molecule has 2 aliphatic heterocycles. The zero-order valence-corrected chi connectivity index (χ0v) is 10.6. The van der Waals surface area contributed by atoms with Gasteiger partial charge in [0.1, 0.15) is 0 Å². The van der Waals surface area contributed by atoms with Crippen molar-refractivity contribution in [2.45, 2.75) is 18.9 Å². The minimum Gasteiger partial charge on any atom is -0.325 e. The Morgan fingerprint density at radius 2 is 2.00 bits per heavy atom. The van der Waals surface area contributed by atoms with Gasteiger partial charge in [-0.25, -0.2) is 12.7 Å². The van der Waals surface area contributed by atoms with Crippen molar-refractivity contribution in [3.05, 3.63) is 0 Å². The summed E-state index contributed by atoms with van der Waals surface area (Å²) >= 11 is 0. The average Bonchev–Trinajstić information content (AvgIpc) is 2.14. The van der Waals surface area contributed by atoms with Crippen LogP contribution in [0.1, 0.15) is 12.8 Å². The van der Waals surface area contributed by atoms with Crippen molar-refractivity contribution < 1.29 is 8.42 Å². The van der Waals surface area contributed by atoms with Gasteiger partial charge < -0.3 is 5.73 Å². The fourth-order valence-corrected chi connectivity index (χ4v) is 3.54. The van der Waals surface area contributed by atoms with Gasteiger partial charge in [-0.3, -0.25) is 4.90 Å². The first-order valence-corrected chi connectivity index (χ1v) is 7.73. The SMILES string of the molecule is CS(=O)(=O)N1CCCC(CN2CC(N)C2)C1. The molecule has 2 rings (SSSR count). The third-order valence-electron chi connectivity index (χ3n) is 3.45. The van der Waals surface area contributed by atoms with Gasteiger partial charge in [-0.15, -0.1) is 0 Å². The molecule has 6 heteroatoms. The lowest BCUT2D eigenvalue weighted by Gasteiger charge is -2.41. The molecule has 0 aromatic rings. The number of nitrogens with two attached hydrogens (primary N) is 1. The Balaban J connectivity index is 1.83. The standard InChI is InChI=1S/C10H21N3O2S/c1-16(14,15)13-4-2-3-9(6-13)5-12-7-10(11)8-12/h9-10H,2-8,11H2,1H3. The summed E-state index contributed by atoms with van der Waals surface area (Å²) in [7, 11) is -3.00. The van der Waals surface area contributed by atoms with Crippen molar-refractivity contribution in [1.82, 2.24) is 9.21 Å². The molecule has 0 bridgehead atoms. The molecule has 5 nitrogen and oxygen atoms in total. The van der Waals surface area contributed by atoms with E-state index in [9.17, 15) is 8.42 Å². The van der Waals surface area contributed by atoms with Crippen LogP contribution >= 0.6 is 0 Å². The van der Waals surface area contributed by atoms with Gasteiger partial charge >= 0.3 is 0 Å². The van der Waals surface area contributed by atoms with E-state index in [4.69, 9.17) is 5.73 Å². The molecular weight excluding hydrogens is 226 g/mol. The minimum absolute atomic E-state index is 0.328. The first-order chi connectivity index (χ1) is 7.45. The van der Waals surface area contributed by atoms with Gasteiger partial charge in [-0.2, -0.15) is 0 Å². The van der Waals surface area contributed by atoms with Crippen LogP contribution in [0.4, 0.5) is 0 Å². The Bertz CT molecular complexity index is 338. The Morgan fingerprint density at radius 3 is 2.56 bits per heavy atom. The third-order valence-corrected chi connectivity index (χ3v) is 4.72. The largest absolute Gasteiger partial charge is 0.325 e. The number of likely N-dealkylation sites (tertiary alicyclic amines) is 1. The van der Waals surface area contributed by atoms with Gasteiger partial charge in [0.2, 0.25) is 10.0 Å². The first-order valence-electron chi connectivity index (χ1n) is 5.88. The molecule has 0 aliphatic carbocycles. The summed E-state index contributed by atoms with van der Waals surface area (Å²) in [6.07, 6.45) is 3.42. The Hall–Kier alpha value is -0.170. The summed E-state index contributed by atoms with van der Waals surface area (Å²) in [6, 6.07) is 0.328. The van der Waals surface area contributed by atoms with Crippen LogP contribution in [0, 0.1) is 5.92 Å². The smallest absolute Gasteiger partial charge is 0.211 e. The van der Waals surface area contributed by atoms with E-state index in [1.54, 1.807) is 4.31 Å². The highest BCUT2D eigenvalue weighted by molar-refractivity contribution is 7.88. The zero-order chi connectivity index (χ0) is 11.8. The third kappa shape index (κ3) is 2.94. The van der Waals surface area contributed by atoms with Gasteiger partial charge in [0.05, 0.1) is 6.26 Å². The van der Waals surface area contributed by atoms with E-state index < -0.39 is 10.0 Å². The summed E-state index contributed by atoms with van der Waals surface area (Å²) in [6.45, 7) is 4.31. The normalized spacial score (nSPS) is 30.2. The minimum atomic E-state index is -3.00. The molecular formula is C10H21N3O2S. The van der Waals surface area contributed by atoms with Crippen LogP contribution in [-0.4, -0.2) is 62.6 Å². The van der Waals surface area contributed by atoms with Crippen LogP contribution in [0.5, 0.6) is 0 Å². The maximum atomic E-state index is 11.4. The molecule has 2 aliphatic rings. The molecule has 0 radical (unpaired) electrons. The highest BCUT2D eigenvalue weighted by Crippen LogP contribution is 2.21. The molecule has 2 fully saturated rings. The van der Waals surface area contributed by atoms with E-state index in [0.29, 0.717) is 25.0 Å². The second kappa shape index (κ2) is 4.60. The second-order valence-electron chi connectivity index (χ2n) is 5.11. The van der Waals surface area contributed by atoms with Gasteiger partial charge in [0, 0.05) is 38.8 Å². The van der Waals surface area contributed by atoms with Crippen LogP contribution in [-0.2, 0) is 10.0 Å². The zero-order valence-electron chi connectivity index (χ0n) is 9.80. The fourth-order valence-electron chi connectivity index (χ4n) is 2.60. The number of nitrogens with zero attached hydrogens (tertiary/aromatic N) is 2. The number of sulfonamides is 1. The molecule has 94 valence electrons. The summed E-state index contributed by atoms with van der Waals surface area (Å²) in [5, 5.41) is 0. The molecule has 0 aromatic carbocycles. The predicted octanol–water partition coefficient (Wildman–Crippen LogP) is -0.699. The van der Waals surface area contributed by atoms with Crippen molar-refractivity contribution >= 4 is 10.0 Å². The van der Waals surface area contributed by atoms with E-state index in [1.165, 1.54) is 6.26 Å². The molecule has 16 heavy (non-hydrogen) atoms. The summed E-state index contributed by atoms with van der Waals surface area (Å²) in [5.41, 5.74) is 5.72. The van der Waals surface area contributed by atoms with Crippen molar-refractivity contribution in [1.29, 1.82) is 0 Å². The number of rotatable bonds is 3. The van der Waals surface area contributed by atoms with E-state index in [2.05, 4.69) is 4.90 Å². The maximum absolute atomic E-state index is 11.4. The summed E-state index contributed by atoms with van der Waals surface area (Å²) in [4.78, 5) is 2.32. The molecule has 0 amide bonds. The number of hydrogen-bond donors (Lipinski definition) is 1. The van der Waals surface area contributed by atoms with Crippen molar-refractivity contribution in [3.8, 4) is 0 Å². The van der Waals surface area contributed by atoms with Crippen LogP contribution in [0.3, 0.4) is 0 Å². The van der Waals surface area contributed by atoms with Crippen molar-refractivity contribution in [2.75, 3.05) is 39.0 Å². The Kier molecular flexibility index (Phi) is 3.53. The van der Waals surface area contributed by atoms with Crippen LogP contribution in [0.25, 0.3) is 0 Å². The Morgan fingerprint density at radius 1 is 1.31 bits per heavy atom. The van der Waals surface area contributed by atoms with E-state index in [1.807, 2.05) is 0 Å². The molecule has 1 atom stereocenters. The van der Waals surface area contributed by atoms with E-state index >= 15 is 0 Å². The summed E-state index contributed by atoms with van der Waals surface area (Å²) < 4.78 is 24.5. The van der Waals surface area contributed by atoms with E-state index in [0.717, 1.165) is 32.5 Å². The number of piperidine rings is 1. The highest BCUT2D eigenvalue weighted by Gasteiger charge is 2.30. The lowest BCUT2D eigenvalue weighted by molar-refractivity contribution is 0.106. The van der Waals surface area contributed by atoms with Gasteiger partial charge in [0.25, 0.3) is 0 Å². The van der Waals surface area contributed by atoms with Gasteiger partial charge in [-0.1, -0.05) is 0 Å². The molecule has 1 unspecified atom stereocenters. The second-order valence-corrected chi connectivity index (χ2v) is 7.09. The predicted molar refractivity (Wildman–Crippen MR) is 63.6 cm³/mol. The van der Waals surface area contributed by atoms with Crippen molar-refractivity contribution in [2.24, 2.45) is 11.7 Å². The topological polar surface area (TPSA) is 66.6 Å². The van der Waals surface area contributed by atoms with Crippen LogP contribution in [0.15, 0.2) is 0 Å². The van der Waals surface area contributed by atoms with E-state index in [-0.39, 0.29) is 0 Å². The molecule has 2 heterocycles. The maximum Gasteiger partial charge on any atom is 0.211 e. The highest BCUT2D eigenvalue weighted by atomic mass is 32.2. The molecule has 2 saturated heterocycles. The monoisotopic (exact) mass is 247 g/mol. The van der Waals surface area contributed by atoms with Crippen molar-refractivity contribution in [3.63, 3.8) is 0 Å². The molecule has 0 saturated carbocycles. The molecule has 0 spiro atoms. The average molecular weight is 247 g/mol. The lowest BCUT2D eigenvalue weighted by atomic mass is 9.97. The van der Waals surface area contributed by atoms with Crippen LogP contribution < -0.4 is 5.73 Å². The van der Waals surface area contributed by atoms with Gasteiger partial charge in [-0.05, 0) is 18.8 Å². The number of hydrogen-bond acceptors (Lipinski definition) is 4. The lowest BCUT2D eigenvalue weighted by Crippen LogP contribution is -2.57. The fraction of sp³-hybridized carbons (Fsp3) is 1.00. The summed E-state index contributed by atoms with van der Waals surface area (Å²) in [5.74, 6) is 0.482.